The van der Waals surface area contributed by atoms with E-state index >= 15 is 0 Å². The van der Waals surface area contributed by atoms with Gasteiger partial charge in [-0.2, -0.15) is 0 Å². The molecule has 1 aliphatic carbocycles. The Morgan fingerprint density at radius 1 is 1.32 bits per heavy atom. The molecule has 19 heavy (non-hydrogen) atoms. The molecule has 1 fully saturated rings. The van der Waals surface area contributed by atoms with Gasteiger partial charge in [-0.1, -0.05) is 6.42 Å². The Balaban J connectivity index is 2.30. The maximum Gasteiger partial charge on any atom is 0.307 e. The molecule has 2 unspecified atom stereocenters. The van der Waals surface area contributed by atoms with Gasteiger partial charge in [0.05, 0.1) is 11.8 Å². The van der Waals surface area contributed by atoms with E-state index in [1.165, 1.54) is 0 Å². The molecule has 0 saturated heterocycles. The lowest BCUT2D eigenvalue weighted by Gasteiger charge is -2.20. The van der Waals surface area contributed by atoms with E-state index < -0.39 is 20.2 Å². The minimum atomic E-state index is -1.56. The van der Waals surface area contributed by atoms with E-state index in [2.05, 4.69) is 18.4 Å². The van der Waals surface area contributed by atoms with E-state index in [4.69, 9.17) is 9.53 Å². The minimum Gasteiger partial charge on any atom is -0.481 e. The molecule has 0 heterocycles. The fraction of sp³-hybridized carbons (Fsp3) is 0.846. The van der Waals surface area contributed by atoms with Crippen LogP contribution in [0.25, 0.3) is 0 Å². The predicted octanol–water partition coefficient (Wildman–Crippen LogP) is 1.85. The fourth-order valence-electron chi connectivity index (χ4n) is 2.53. The van der Waals surface area contributed by atoms with Gasteiger partial charge in [0.15, 0.2) is 8.32 Å². The molecule has 0 radical (unpaired) electrons. The second kappa shape index (κ2) is 7.05. The molecular weight excluding hydrogens is 262 g/mol. The van der Waals surface area contributed by atoms with Crippen LogP contribution in [0.15, 0.2) is 0 Å². The topological polar surface area (TPSA) is 75.6 Å². The number of aliphatic carboxylic acids is 1. The van der Waals surface area contributed by atoms with Gasteiger partial charge in [-0.25, -0.2) is 0 Å². The molecule has 1 amide bonds. The van der Waals surface area contributed by atoms with Crippen LogP contribution in [0.4, 0.5) is 0 Å². The Labute approximate surface area is 115 Å². The van der Waals surface area contributed by atoms with Crippen LogP contribution < -0.4 is 5.32 Å². The highest BCUT2D eigenvalue weighted by molar-refractivity contribution is 6.71. The zero-order chi connectivity index (χ0) is 14.5. The second-order valence-electron chi connectivity index (χ2n) is 5.84. The predicted molar refractivity (Wildman–Crippen MR) is 75.4 cm³/mol. The van der Waals surface area contributed by atoms with Gasteiger partial charge in [0.25, 0.3) is 0 Å². The average molecular weight is 287 g/mol. The molecule has 0 aromatic rings. The molecule has 0 aromatic heterocycles. The van der Waals surface area contributed by atoms with Gasteiger partial charge in [0.1, 0.15) is 0 Å². The van der Waals surface area contributed by atoms with E-state index in [1.54, 1.807) is 7.11 Å². The maximum absolute atomic E-state index is 12.0. The monoisotopic (exact) mass is 287 g/mol. The highest BCUT2D eigenvalue weighted by Gasteiger charge is 2.37. The molecule has 0 aliphatic heterocycles. The smallest absolute Gasteiger partial charge is 0.307 e. The number of hydrogen-bond acceptors (Lipinski definition) is 3. The lowest BCUT2D eigenvalue weighted by molar-refractivity contribution is -0.146. The summed E-state index contributed by atoms with van der Waals surface area (Å²) in [6.45, 7) is 4.90. The molecule has 1 aliphatic rings. The molecular formula is C13H25NO4Si. The van der Waals surface area contributed by atoms with Crippen molar-refractivity contribution in [2.75, 3.05) is 13.7 Å². The summed E-state index contributed by atoms with van der Waals surface area (Å²) in [4.78, 5) is 23.0. The third-order valence-electron chi connectivity index (χ3n) is 3.98. The Morgan fingerprint density at radius 2 is 1.95 bits per heavy atom. The van der Waals surface area contributed by atoms with E-state index in [0.717, 1.165) is 18.9 Å². The molecule has 5 nitrogen and oxygen atoms in total. The summed E-state index contributed by atoms with van der Waals surface area (Å²) < 4.78 is 5.44. The van der Waals surface area contributed by atoms with Crippen LogP contribution in [0.5, 0.6) is 0 Å². The Bertz CT molecular complexity index is 333. The Morgan fingerprint density at radius 3 is 2.53 bits per heavy atom. The summed E-state index contributed by atoms with van der Waals surface area (Å²) in [5.74, 6) is -1.78. The van der Waals surface area contributed by atoms with Crippen molar-refractivity contribution in [2.45, 2.75) is 44.8 Å². The molecule has 0 spiro atoms. The first-order valence-corrected chi connectivity index (χ1v) is 10.0. The number of nitrogens with one attached hydrogen (secondary N) is 1. The van der Waals surface area contributed by atoms with E-state index in [9.17, 15) is 9.59 Å². The van der Waals surface area contributed by atoms with Crippen molar-refractivity contribution in [3.63, 3.8) is 0 Å². The molecule has 0 bridgehead atoms. The minimum absolute atomic E-state index is 0.0956. The highest BCUT2D eigenvalue weighted by atomic mass is 28.4. The van der Waals surface area contributed by atoms with E-state index in [1.807, 2.05) is 0 Å². The van der Waals surface area contributed by atoms with Crippen LogP contribution in [0.3, 0.4) is 0 Å². The molecule has 110 valence electrons. The van der Waals surface area contributed by atoms with Crippen molar-refractivity contribution in [3.05, 3.63) is 0 Å². The number of carbonyl (C=O) groups is 2. The Kier molecular flexibility index (Phi) is 6.00. The largest absolute Gasteiger partial charge is 0.481 e. The lowest BCUT2D eigenvalue weighted by atomic mass is 9.95. The van der Waals surface area contributed by atoms with E-state index in [-0.39, 0.29) is 11.8 Å². The van der Waals surface area contributed by atoms with Gasteiger partial charge in [0.2, 0.25) is 5.91 Å². The van der Waals surface area contributed by atoms with Gasteiger partial charge in [-0.15, -0.1) is 0 Å². The van der Waals surface area contributed by atoms with Crippen LogP contribution in [0, 0.1) is 11.8 Å². The molecule has 2 N–H and O–H groups in total. The van der Waals surface area contributed by atoms with Gasteiger partial charge in [-0.3, -0.25) is 9.59 Å². The number of carboxylic acid groups (broad SMARTS) is 1. The van der Waals surface area contributed by atoms with Crippen molar-refractivity contribution in [2.24, 2.45) is 11.8 Å². The van der Waals surface area contributed by atoms with Crippen LogP contribution in [0.2, 0.25) is 19.1 Å². The van der Waals surface area contributed by atoms with Gasteiger partial charge in [-0.05, 0) is 38.4 Å². The van der Waals surface area contributed by atoms with Gasteiger partial charge >= 0.3 is 5.97 Å². The lowest BCUT2D eigenvalue weighted by Crippen LogP contribution is -2.36. The summed E-state index contributed by atoms with van der Waals surface area (Å²) in [6, 6.07) is 0.997. The summed E-state index contributed by atoms with van der Waals surface area (Å²) in [6.07, 6.45) is 3.04. The summed E-state index contributed by atoms with van der Waals surface area (Å²) >= 11 is 0. The van der Waals surface area contributed by atoms with Crippen LogP contribution in [-0.2, 0) is 14.0 Å². The summed E-state index contributed by atoms with van der Waals surface area (Å²) in [7, 11) is 0.179. The first kappa shape index (κ1) is 16.2. The van der Waals surface area contributed by atoms with Crippen molar-refractivity contribution in [1.29, 1.82) is 0 Å². The summed E-state index contributed by atoms with van der Waals surface area (Å²) in [5.41, 5.74) is 0. The third kappa shape index (κ3) is 4.95. The normalized spacial score (nSPS) is 23.3. The number of rotatable bonds is 7. The SMILES string of the molecule is CO[Si](C)(C)CCCNC(=O)C1CCCC1C(=O)O. The van der Waals surface area contributed by atoms with Gasteiger partial charge in [0, 0.05) is 13.7 Å². The molecule has 2 atom stereocenters. The average Bonchev–Trinajstić information content (AvgIpc) is 2.83. The number of hydrogen-bond donors (Lipinski definition) is 2. The number of carbonyl (C=O) groups excluding carboxylic acids is 1. The maximum atomic E-state index is 12.0. The fourth-order valence-corrected chi connectivity index (χ4v) is 3.76. The highest BCUT2D eigenvalue weighted by Crippen LogP contribution is 2.32. The molecule has 1 saturated carbocycles. The number of carboxylic acids is 1. The van der Waals surface area contributed by atoms with Crippen molar-refractivity contribution >= 4 is 20.2 Å². The first-order chi connectivity index (χ1) is 8.87. The van der Waals surface area contributed by atoms with Crippen LogP contribution in [-0.4, -0.2) is 39.0 Å². The van der Waals surface area contributed by atoms with Gasteiger partial charge < -0.3 is 14.8 Å². The zero-order valence-corrected chi connectivity index (χ0v) is 13.1. The second-order valence-corrected chi connectivity index (χ2v) is 10.3. The molecule has 1 rings (SSSR count). The van der Waals surface area contributed by atoms with Crippen molar-refractivity contribution in [3.8, 4) is 0 Å². The Hall–Kier alpha value is -0.883. The van der Waals surface area contributed by atoms with Crippen molar-refractivity contribution < 1.29 is 19.1 Å². The first-order valence-electron chi connectivity index (χ1n) is 6.93. The zero-order valence-electron chi connectivity index (χ0n) is 12.1. The molecule has 0 aromatic carbocycles. The standard InChI is InChI=1S/C13H25NO4Si/c1-18-19(2,3)9-5-8-14-12(15)10-6-4-7-11(10)13(16)17/h10-11H,4-9H2,1-3H3,(H,14,15)(H,16,17). The third-order valence-corrected chi connectivity index (χ3v) is 6.64. The summed E-state index contributed by atoms with van der Waals surface area (Å²) in [5, 5.41) is 11.9. The van der Waals surface area contributed by atoms with Crippen LogP contribution >= 0.6 is 0 Å². The molecule has 6 heteroatoms. The quantitative estimate of drug-likeness (QED) is 0.553. The van der Waals surface area contributed by atoms with Crippen molar-refractivity contribution in [1.82, 2.24) is 5.32 Å². The number of amides is 1. The van der Waals surface area contributed by atoms with E-state index in [0.29, 0.717) is 19.4 Å². The van der Waals surface area contributed by atoms with Crippen LogP contribution in [0.1, 0.15) is 25.7 Å².